The van der Waals surface area contributed by atoms with Gasteiger partial charge in [-0.25, -0.2) is 29.5 Å². The predicted octanol–water partition coefficient (Wildman–Crippen LogP) is 15.1. The number of aldehydes is 1. The number of anilines is 4. The number of nitrogens with one attached hydrogen (secondary N) is 2. The SMILES string of the molecule is CC(C)(C)OC(=O)c1nc(N2CCc3cccc(C(=O)Nc4nc5ccccc5s4)c3C2)ccc1B1OC(C)(C)C(C)(C)O1.Cc1c(OC2CCC(CCC=O)CC2)cccc1-c1ccc(N2CCc3cccc(C(=O)Nc4nc5ccccc5s4)c3C2)nc1C(=O)OC(C)(C)C. The number of rotatable bonds is 15. The Morgan fingerprint density at radius 1 is 0.598 bits per heavy atom. The van der Waals surface area contributed by atoms with Gasteiger partial charge in [0.25, 0.3) is 11.8 Å². The van der Waals surface area contributed by atoms with Gasteiger partial charge >= 0.3 is 19.1 Å². The topological polar surface area (TPSA) is 214 Å². The van der Waals surface area contributed by atoms with Crippen molar-refractivity contribution in [2.75, 3.05) is 33.5 Å². The molecule has 2 N–H and O–H groups in total. The van der Waals surface area contributed by atoms with Crippen molar-refractivity contribution in [3.05, 3.63) is 178 Å². The van der Waals surface area contributed by atoms with Crippen LogP contribution in [0.4, 0.5) is 21.9 Å². The maximum absolute atomic E-state index is 13.9. The lowest BCUT2D eigenvalue weighted by Gasteiger charge is -2.32. The minimum Gasteiger partial charge on any atom is -0.490 e. The molecule has 0 spiro atoms. The Balaban J connectivity index is 0.000000188. The molecule has 7 heterocycles. The van der Waals surface area contributed by atoms with E-state index >= 15 is 0 Å². The molecule has 18 nitrogen and oxygen atoms in total. The third-order valence-electron chi connectivity index (χ3n) is 18.6. The summed E-state index contributed by atoms with van der Waals surface area (Å²) >= 11 is 2.90. The lowest BCUT2D eigenvalue weighted by Crippen LogP contribution is -2.41. The van der Waals surface area contributed by atoms with Crippen LogP contribution in [-0.4, -0.2) is 98.7 Å². The number of carbonyl (C=O) groups excluding carboxylic acids is 5. The van der Waals surface area contributed by atoms with Crippen molar-refractivity contribution in [2.24, 2.45) is 5.92 Å². The highest BCUT2D eigenvalue weighted by Gasteiger charge is 2.53. The summed E-state index contributed by atoms with van der Waals surface area (Å²) in [6, 6.07) is 40.9. The fourth-order valence-electron chi connectivity index (χ4n) is 12.8. The second kappa shape index (κ2) is 27.9. The maximum atomic E-state index is 13.9. The van der Waals surface area contributed by atoms with Crippen LogP contribution in [0, 0.1) is 12.8 Å². The molecule has 3 aliphatic heterocycles. The minimum atomic E-state index is -0.774. The number of pyridine rings is 2. The highest BCUT2D eigenvalue weighted by Crippen LogP contribution is 2.40. The van der Waals surface area contributed by atoms with Crippen LogP contribution in [0.5, 0.6) is 5.75 Å². The molecule has 4 aliphatic rings. The summed E-state index contributed by atoms with van der Waals surface area (Å²) in [6.45, 7) is 23.2. The van der Waals surface area contributed by atoms with E-state index in [9.17, 15) is 24.0 Å². The summed E-state index contributed by atoms with van der Waals surface area (Å²) in [7, 11) is -0.774. The van der Waals surface area contributed by atoms with Gasteiger partial charge in [-0.2, -0.15) is 0 Å². The molecule has 4 aromatic heterocycles. The number of para-hydroxylation sites is 2. The molecule has 5 aromatic carbocycles. The van der Waals surface area contributed by atoms with E-state index in [-0.39, 0.29) is 29.3 Å². The Hall–Kier alpha value is -8.89. The lowest BCUT2D eigenvalue weighted by molar-refractivity contribution is -0.108. The number of nitrogens with zero attached hydrogens (tertiary/aromatic N) is 6. The number of hydrogen-bond acceptors (Lipinski definition) is 18. The van der Waals surface area contributed by atoms with Gasteiger partial charge in [-0.3, -0.25) is 20.2 Å². The van der Waals surface area contributed by atoms with Crippen molar-refractivity contribution in [3.8, 4) is 16.9 Å². The smallest absolute Gasteiger partial charge is 0.490 e. The third kappa shape index (κ3) is 15.4. The molecule has 21 heteroatoms. The normalized spacial score (nSPS) is 17.3. The van der Waals surface area contributed by atoms with E-state index in [2.05, 4.69) is 42.5 Å². The standard InChI is InChI=1S/C43H46N4O5S.C33H37BN4O5S/c1-27-31(12-8-15-36(27)51-30-19-17-28(18-20-30)10-9-25-48)32-21-22-38(45-39(32)41(50)52-43(2,3)4)47-24-23-29-11-7-13-33(34(29)26-47)40(49)46-42-44-35-14-5-6-16-37(35)53-42;1-31(2,3)41-29(40)27-23(34-42-32(4,5)33(6,7)43-34)15-16-26(36-27)38-18-17-20-11-10-12-21(22(20)19-38)28(39)37-30-35-24-13-8-9-14-25(24)44-30/h5-8,11-16,21-22,25,28,30H,9-10,17-20,23-24,26H2,1-4H3,(H,44,46,49);8-16H,17-19H2,1-7H3,(H,35,37,39). The van der Waals surface area contributed by atoms with E-state index in [1.54, 1.807) is 0 Å². The van der Waals surface area contributed by atoms with Crippen molar-refractivity contribution < 1.29 is 47.5 Å². The van der Waals surface area contributed by atoms with Gasteiger partial charge in [0, 0.05) is 54.8 Å². The van der Waals surface area contributed by atoms with Crippen molar-refractivity contribution in [1.82, 2.24) is 19.9 Å². The minimum absolute atomic E-state index is 0.109. The van der Waals surface area contributed by atoms with Gasteiger partial charge < -0.3 is 38.1 Å². The largest absolute Gasteiger partial charge is 0.497 e. The van der Waals surface area contributed by atoms with Gasteiger partial charge in [-0.1, -0.05) is 89.4 Å². The van der Waals surface area contributed by atoms with E-state index in [1.807, 2.05) is 191 Å². The van der Waals surface area contributed by atoms with E-state index in [0.29, 0.717) is 82.6 Å². The van der Waals surface area contributed by atoms with Crippen molar-refractivity contribution >= 4 is 108 Å². The van der Waals surface area contributed by atoms with E-state index in [1.165, 1.54) is 22.7 Å². The molecular weight excluding hydrogens is 1260 g/mol. The first-order valence-electron chi connectivity index (χ1n) is 33.4. The van der Waals surface area contributed by atoms with Crippen molar-refractivity contribution in [2.45, 2.75) is 169 Å². The Labute approximate surface area is 575 Å². The number of ether oxygens (including phenoxy) is 3. The van der Waals surface area contributed by atoms with Gasteiger partial charge in [-0.15, -0.1) is 0 Å². The van der Waals surface area contributed by atoms with E-state index in [4.69, 9.17) is 33.5 Å². The van der Waals surface area contributed by atoms with Crippen LogP contribution in [0.2, 0.25) is 0 Å². The zero-order valence-electron chi connectivity index (χ0n) is 57.0. The Morgan fingerprint density at radius 2 is 1.09 bits per heavy atom. The summed E-state index contributed by atoms with van der Waals surface area (Å²) in [6.07, 6.45) is 8.17. The fraction of sp³-hybridized carbons (Fsp3) is 0.382. The second-order valence-corrected chi connectivity index (χ2v) is 30.4. The first-order chi connectivity index (χ1) is 46.3. The van der Waals surface area contributed by atoms with Crippen molar-refractivity contribution in [1.29, 1.82) is 0 Å². The zero-order chi connectivity index (χ0) is 68.6. The molecule has 97 heavy (non-hydrogen) atoms. The first kappa shape index (κ1) is 68.1. The monoisotopic (exact) mass is 1340 g/mol. The average Bonchev–Trinajstić information content (AvgIpc) is 1.73. The Morgan fingerprint density at radius 3 is 1.61 bits per heavy atom. The first-order valence-corrected chi connectivity index (χ1v) is 35.0. The molecule has 1 aliphatic carbocycles. The summed E-state index contributed by atoms with van der Waals surface area (Å²) in [4.78, 5) is 88.6. The molecular formula is C76H83BN8O10S2. The molecule has 2 fully saturated rings. The number of fused-ring (bicyclic) bond motifs is 4. The zero-order valence-corrected chi connectivity index (χ0v) is 58.6. The summed E-state index contributed by atoms with van der Waals surface area (Å²) in [5.41, 5.74) is 7.77. The number of benzene rings is 5. The number of thiazole rings is 2. The van der Waals surface area contributed by atoms with Crippen LogP contribution < -0.4 is 30.6 Å². The average molecular weight is 1340 g/mol. The summed E-state index contributed by atoms with van der Waals surface area (Å²) in [5.74, 6) is 1.17. The molecule has 13 rings (SSSR count). The van der Waals surface area contributed by atoms with Gasteiger partial charge in [-0.05, 0) is 221 Å². The molecule has 1 saturated heterocycles. The van der Waals surface area contributed by atoms with E-state index < -0.39 is 41.5 Å². The van der Waals surface area contributed by atoms with Crippen LogP contribution in [0.1, 0.15) is 177 Å². The van der Waals surface area contributed by atoms with Crippen molar-refractivity contribution in [3.63, 3.8) is 0 Å². The number of amides is 2. The number of carbonyl (C=O) groups is 5. The molecule has 0 bridgehead atoms. The number of hydrogen-bond donors (Lipinski definition) is 2. The summed E-state index contributed by atoms with van der Waals surface area (Å²) in [5, 5.41) is 7.13. The molecule has 502 valence electrons. The van der Waals surface area contributed by atoms with Crippen LogP contribution in [-0.2, 0) is 49.5 Å². The van der Waals surface area contributed by atoms with E-state index in [0.717, 1.165) is 111 Å². The molecule has 0 unspecified atom stereocenters. The highest BCUT2D eigenvalue weighted by molar-refractivity contribution is 7.22. The lowest BCUT2D eigenvalue weighted by atomic mass is 9.77. The molecule has 0 atom stereocenters. The highest BCUT2D eigenvalue weighted by atomic mass is 32.1. The molecule has 9 aromatic rings. The number of aromatic nitrogens is 4. The van der Waals surface area contributed by atoms with Gasteiger partial charge in [0.15, 0.2) is 21.7 Å². The second-order valence-electron chi connectivity index (χ2n) is 28.3. The Bertz CT molecular complexity index is 4390. The quantitative estimate of drug-likeness (QED) is 0.0555. The number of esters is 2. The van der Waals surface area contributed by atoms with Gasteiger partial charge in [0.2, 0.25) is 0 Å². The van der Waals surface area contributed by atoms with Crippen LogP contribution >= 0.6 is 22.7 Å². The van der Waals surface area contributed by atoms with Crippen LogP contribution in [0.3, 0.4) is 0 Å². The predicted molar refractivity (Wildman–Crippen MR) is 384 cm³/mol. The van der Waals surface area contributed by atoms with Gasteiger partial charge in [0.1, 0.15) is 34.9 Å². The fourth-order valence-corrected chi connectivity index (χ4v) is 14.5. The third-order valence-corrected chi connectivity index (χ3v) is 20.5. The van der Waals surface area contributed by atoms with Gasteiger partial charge in [0.05, 0.1) is 37.7 Å². The Kier molecular flexibility index (Phi) is 19.6. The summed E-state index contributed by atoms with van der Waals surface area (Å²) < 4.78 is 32.8. The van der Waals surface area contributed by atoms with Crippen LogP contribution in [0.15, 0.2) is 127 Å². The molecule has 0 radical (unpaired) electrons. The molecule has 1 saturated carbocycles. The maximum Gasteiger partial charge on any atom is 0.497 e. The van der Waals surface area contributed by atoms with Crippen LogP contribution in [0.25, 0.3) is 31.6 Å². The molecule has 2 amide bonds.